The molecule has 0 aromatic carbocycles. The van der Waals surface area contributed by atoms with Crippen LogP contribution < -0.4 is 0 Å². The van der Waals surface area contributed by atoms with E-state index in [-0.39, 0.29) is 5.92 Å². The van der Waals surface area contributed by atoms with Gasteiger partial charge >= 0.3 is 0 Å². The summed E-state index contributed by atoms with van der Waals surface area (Å²) >= 11 is 0. The molecule has 0 saturated carbocycles. The first kappa shape index (κ1) is 10.9. The Labute approximate surface area is 95.9 Å². The van der Waals surface area contributed by atoms with Gasteiger partial charge in [-0.05, 0) is 26.0 Å². The molecule has 0 amide bonds. The van der Waals surface area contributed by atoms with Crippen molar-refractivity contribution in [3.63, 3.8) is 0 Å². The van der Waals surface area contributed by atoms with Crippen LogP contribution in [0, 0.1) is 13.8 Å². The molecule has 4 nitrogen and oxygen atoms in total. The van der Waals surface area contributed by atoms with Gasteiger partial charge in [0, 0.05) is 31.4 Å². The topological polar surface area (TPSA) is 35.6 Å². The Morgan fingerprint density at radius 3 is 2.19 bits per heavy atom. The van der Waals surface area contributed by atoms with E-state index in [1.807, 2.05) is 30.4 Å². The molecule has 4 heteroatoms. The Bertz CT molecular complexity index is 488. The fourth-order valence-corrected chi connectivity index (χ4v) is 1.99. The lowest BCUT2D eigenvalue weighted by atomic mass is 10.0. The van der Waals surface area contributed by atoms with Crippen LogP contribution in [-0.2, 0) is 14.1 Å². The minimum absolute atomic E-state index is 0.283. The lowest BCUT2D eigenvalue weighted by Crippen LogP contribution is -2.05. The van der Waals surface area contributed by atoms with Gasteiger partial charge in [-0.2, -0.15) is 10.2 Å². The van der Waals surface area contributed by atoms with Crippen LogP contribution in [0.15, 0.2) is 12.1 Å². The summed E-state index contributed by atoms with van der Waals surface area (Å²) in [5.41, 5.74) is 4.54. The lowest BCUT2D eigenvalue weighted by Gasteiger charge is -2.08. The van der Waals surface area contributed by atoms with Gasteiger partial charge < -0.3 is 0 Å². The molecule has 2 aromatic heterocycles. The molecule has 2 aromatic rings. The zero-order valence-corrected chi connectivity index (χ0v) is 10.5. The Morgan fingerprint density at radius 2 is 1.75 bits per heavy atom. The zero-order chi connectivity index (χ0) is 11.9. The third-order valence-electron chi connectivity index (χ3n) is 3.06. The molecule has 2 heterocycles. The standard InChI is InChI=1S/C12H18N4/c1-8-6-12(16(5)13-8)10(3)11-7-9(2)15(4)14-11/h6-7,10H,1-5H3. The molecule has 0 N–H and O–H groups in total. The predicted molar refractivity (Wildman–Crippen MR) is 63.4 cm³/mol. The minimum atomic E-state index is 0.283. The van der Waals surface area contributed by atoms with Crippen LogP contribution >= 0.6 is 0 Å². The van der Waals surface area contributed by atoms with Crippen LogP contribution in [-0.4, -0.2) is 19.6 Å². The highest BCUT2D eigenvalue weighted by atomic mass is 15.3. The van der Waals surface area contributed by atoms with Crippen molar-refractivity contribution in [1.82, 2.24) is 19.6 Å². The maximum Gasteiger partial charge on any atom is 0.0714 e. The van der Waals surface area contributed by atoms with Gasteiger partial charge in [-0.15, -0.1) is 0 Å². The Kier molecular flexibility index (Phi) is 2.58. The highest BCUT2D eigenvalue weighted by Crippen LogP contribution is 2.23. The highest BCUT2D eigenvalue weighted by Gasteiger charge is 2.16. The second-order valence-electron chi connectivity index (χ2n) is 4.39. The molecule has 0 radical (unpaired) electrons. The van der Waals surface area contributed by atoms with Crippen LogP contribution in [0.5, 0.6) is 0 Å². The predicted octanol–water partition coefficient (Wildman–Crippen LogP) is 1.92. The van der Waals surface area contributed by atoms with E-state index in [1.165, 1.54) is 11.4 Å². The van der Waals surface area contributed by atoms with Gasteiger partial charge in [-0.25, -0.2) is 0 Å². The molecular formula is C12H18N4. The monoisotopic (exact) mass is 218 g/mol. The van der Waals surface area contributed by atoms with Crippen LogP contribution in [0.1, 0.15) is 35.6 Å². The highest BCUT2D eigenvalue weighted by molar-refractivity contribution is 5.24. The Hall–Kier alpha value is -1.58. The first-order valence-corrected chi connectivity index (χ1v) is 5.50. The van der Waals surface area contributed by atoms with Crippen molar-refractivity contribution in [2.24, 2.45) is 14.1 Å². The van der Waals surface area contributed by atoms with Gasteiger partial charge in [0.15, 0.2) is 0 Å². The zero-order valence-electron chi connectivity index (χ0n) is 10.5. The smallest absolute Gasteiger partial charge is 0.0714 e. The van der Waals surface area contributed by atoms with E-state index >= 15 is 0 Å². The SMILES string of the molecule is Cc1cc(C(C)c2cc(C)n(C)n2)n(C)n1. The average Bonchev–Trinajstić information content (AvgIpc) is 2.70. The Balaban J connectivity index is 2.38. The average molecular weight is 218 g/mol. The van der Waals surface area contributed by atoms with Crippen LogP contribution in [0.25, 0.3) is 0 Å². The largest absolute Gasteiger partial charge is 0.273 e. The quantitative estimate of drug-likeness (QED) is 0.772. The molecular weight excluding hydrogens is 200 g/mol. The van der Waals surface area contributed by atoms with Crippen molar-refractivity contribution in [2.45, 2.75) is 26.7 Å². The third kappa shape index (κ3) is 1.75. The van der Waals surface area contributed by atoms with Crippen LogP contribution in [0.4, 0.5) is 0 Å². The molecule has 0 aliphatic rings. The Morgan fingerprint density at radius 1 is 1.06 bits per heavy atom. The van der Waals surface area contributed by atoms with E-state index < -0.39 is 0 Å². The molecule has 16 heavy (non-hydrogen) atoms. The number of rotatable bonds is 2. The molecule has 86 valence electrons. The second-order valence-corrected chi connectivity index (χ2v) is 4.39. The van der Waals surface area contributed by atoms with Gasteiger partial charge in [-0.3, -0.25) is 9.36 Å². The molecule has 1 unspecified atom stereocenters. The summed E-state index contributed by atoms with van der Waals surface area (Å²) in [7, 11) is 3.95. The van der Waals surface area contributed by atoms with Gasteiger partial charge in [0.1, 0.15) is 0 Å². The molecule has 1 atom stereocenters. The fraction of sp³-hybridized carbons (Fsp3) is 0.500. The summed E-state index contributed by atoms with van der Waals surface area (Å²) in [6.07, 6.45) is 0. The van der Waals surface area contributed by atoms with Crippen molar-refractivity contribution in [3.8, 4) is 0 Å². The van der Waals surface area contributed by atoms with E-state index in [0.29, 0.717) is 0 Å². The maximum absolute atomic E-state index is 4.51. The maximum atomic E-state index is 4.51. The fourth-order valence-electron chi connectivity index (χ4n) is 1.99. The van der Waals surface area contributed by atoms with Crippen molar-refractivity contribution in [3.05, 3.63) is 34.9 Å². The molecule has 2 rings (SSSR count). The van der Waals surface area contributed by atoms with Crippen molar-refractivity contribution >= 4 is 0 Å². The van der Waals surface area contributed by atoms with Crippen molar-refractivity contribution in [2.75, 3.05) is 0 Å². The summed E-state index contributed by atoms with van der Waals surface area (Å²) in [6, 6.07) is 4.25. The normalized spacial score (nSPS) is 13.1. The van der Waals surface area contributed by atoms with E-state index in [4.69, 9.17) is 0 Å². The molecule has 0 fully saturated rings. The summed E-state index contributed by atoms with van der Waals surface area (Å²) in [5.74, 6) is 0.283. The van der Waals surface area contributed by atoms with Crippen LogP contribution in [0.2, 0.25) is 0 Å². The van der Waals surface area contributed by atoms with E-state index in [2.05, 4.69) is 36.2 Å². The van der Waals surface area contributed by atoms with E-state index in [9.17, 15) is 0 Å². The second kappa shape index (κ2) is 3.77. The van der Waals surface area contributed by atoms with Gasteiger partial charge in [0.2, 0.25) is 0 Å². The third-order valence-corrected chi connectivity index (χ3v) is 3.06. The van der Waals surface area contributed by atoms with Gasteiger partial charge in [-0.1, -0.05) is 6.92 Å². The molecule has 0 aliphatic carbocycles. The number of aryl methyl sites for hydroxylation is 4. The number of nitrogens with zero attached hydrogens (tertiary/aromatic N) is 4. The van der Waals surface area contributed by atoms with Crippen LogP contribution in [0.3, 0.4) is 0 Å². The molecule has 0 bridgehead atoms. The van der Waals surface area contributed by atoms with Crippen molar-refractivity contribution < 1.29 is 0 Å². The number of hydrogen-bond acceptors (Lipinski definition) is 2. The molecule has 0 spiro atoms. The minimum Gasteiger partial charge on any atom is -0.273 e. The lowest BCUT2D eigenvalue weighted by molar-refractivity contribution is 0.655. The number of hydrogen-bond donors (Lipinski definition) is 0. The summed E-state index contributed by atoms with van der Waals surface area (Å²) in [6.45, 7) is 6.25. The van der Waals surface area contributed by atoms with Crippen molar-refractivity contribution in [1.29, 1.82) is 0 Å². The summed E-state index contributed by atoms with van der Waals surface area (Å²) in [4.78, 5) is 0. The van der Waals surface area contributed by atoms with Gasteiger partial charge in [0.25, 0.3) is 0 Å². The van der Waals surface area contributed by atoms with E-state index in [1.54, 1.807) is 0 Å². The van der Waals surface area contributed by atoms with Gasteiger partial charge in [0.05, 0.1) is 11.4 Å². The molecule has 0 saturated heterocycles. The summed E-state index contributed by atoms with van der Waals surface area (Å²) < 4.78 is 3.85. The first-order chi connectivity index (χ1) is 7.49. The van der Waals surface area contributed by atoms with E-state index in [0.717, 1.165) is 11.4 Å². The number of aromatic nitrogens is 4. The first-order valence-electron chi connectivity index (χ1n) is 5.50. The molecule has 0 aliphatic heterocycles. The summed E-state index contributed by atoms with van der Waals surface area (Å²) in [5, 5.41) is 8.88.